The number of rotatable bonds is 3. The Morgan fingerprint density at radius 3 is 2.70 bits per heavy atom. The number of ether oxygens (including phenoxy) is 2. The fraction of sp³-hybridized carbons (Fsp3) is 0.267. The molecule has 0 aliphatic carbocycles. The number of likely N-dealkylation sites (N-methyl/N-ethyl adjacent to an activating group) is 1. The molecule has 0 bridgehead atoms. The minimum atomic E-state index is -1.55. The minimum Gasteiger partial charge on any atom is -0.497 e. The number of carbonyl (C=O) groups excluding carboxylic acids is 2. The summed E-state index contributed by atoms with van der Waals surface area (Å²) in [6.07, 6.45) is 1.33. The summed E-state index contributed by atoms with van der Waals surface area (Å²) < 4.78 is 9.93. The molecule has 0 radical (unpaired) electrons. The molecule has 1 aliphatic heterocycles. The van der Waals surface area contributed by atoms with Crippen molar-refractivity contribution in [3.8, 4) is 5.75 Å². The van der Waals surface area contributed by atoms with Crippen LogP contribution < -0.4 is 9.64 Å². The number of Topliss-reactive ketones (excluding diaryl/α,β-unsaturated/α-hetero) is 1. The number of esters is 1. The molecule has 0 amide bonds. The van der Waals surface area contributed by atoms with E-state index in [4.69, 9.17) is 9.47 Å². The van der Waals surface area contributed by atoms with Crippen LogP contribution in [0.3, 0.4) is 0 Å². The fourth-order valence-corrected chi connectivity index (χ4v) is 2.41. The van der Waals surface area contributed by atoms with Gasteiger partial charge in [0.1, 0.15) is 5.75 Å². The third-order valence-electron chi connectivity index (χ3n) is 3.49. The molecule has 1 aromatic carbocycles. The van der Waals surface area contributed by atoms with E-state index in [0.29, 0.717) is 17.0 Å². The molecule has 5 heteroatoms. The van der Waals surface area contributed by atoms with Gasteiger partial charge in [-0.25, -0.2) is 4.79 Å². The number of carbonyl (C=O) groups is 2. The molecule has 1 heterocycles. The second kappa shape index (κ2) is 4.87. The van der Waals surface area contributed by atoms with Crippen molar-refractivity contribution in [3.63, 3.8) is 0 Å². The second-order valence-corrected chi connectivity index (χ2v) is 4.38. The molecule has 0 saturated carbocycles. The number of benzene rings is 1. The summed E-state index contributed by atoms with van der Waals surface area (Å²) >= 11 is 0. The standard InChI is InChI=1S/C15H15NO4/c1-5-8-15(14(18)20-4)13(17)11-7-6-10(19-3)9-12(11)16(15)2/h6-9H,1H2,2-4H3. The first-order valence-electron chi connectivity index (χ1n) is 5.95. The molecule has 0 aromatic heterocycles. The Balaban J connectivity index is 2.68. The predicted octanol–water partition coefficient (Wildman–Crippen LogP) is 1.58. The van der Waals surface area contributed by atoms with E-state index in [9.17, 15) is 9.59 Å². The van der Waals surface area contributed by atoms with Gasteiger partial charge in [0.25, 0.3) is 0 Å². The van der Waals surface area contributed by atoms with Gasteiger partial charge in [-0.1, -0.05) is 6.58 Å². The first kappa shape index (κ1) is 13.9. The number of ketones is 1. The molecule has 0 saturated heterocycles. The molecular formula is C15H15NO4. The predicted molar refractivity (Wildman–Crippen MR) is 74.2 cm³/mol. The van der Waals surface area contributed by atoms with Gasteiger partial charge in [-0.05, 0) is 12.1 Å². The molecule has 2 rings (SSSR count). The quantitative estimate of drug-likeness (QED) is 0.475. The second-order valence-electron chi connectivity index (χ2n) is 4.38. The Labute approximate surface area is 117 Å². The molecule has 104 valence electrons. The lowest BCUT2D eigenvalue weighted by Gasteiger charge is -2.29. The van der Waals surface area contributed by atoms with Crippen molar-refractivity contribution in [2.45, 2.75) is 5.54 Å². The Bertz CT molecular complexity index is 631. The van der Waals surface area contributed by atoms with Crippen LogP contribution in [0.25, 0.3) is 0 Å². The SMILES string of the molecule is C=C=CC1(C(=O)OC)C(=O)c2ccc(OC)cc2N1C. The molecule has 0 fully saturated rings. The number of methoxy groups -OCH3 is 2. The van der Waals surface area contributed by atoms with Crippen LogP contribution in [0.2, 0.25) is 0 Å². The van der Waals surface area contributed by atoms with E-state index < -0.39 is 11.5 Å². The van der Waals surface area contributed by atoms with E-state index in [2.05, 4.69) is 12.3 Å². The van der Waals surface area contributed by atoms with Crippen LogP contribution in [-0.4, -0.2) is 38.6 Å². The van der Waals surface area contributed by atoms with Gasteiger partial charge in [0, 0.05) is 24.8 Å². The number of fused-ring (bicyclic) bond motifs is 1. The maximum Gasteiger partial charge on any atom is 0.344 e. The summed E-state index contributed by atoms with van der Waals surface area (Å²) in [5.74, 6) is -0.427. The number of hydrogen-bond donors (Lipinski definition) is 0. The number of anilines is 1. The van der Waals surface area contributed by atoms with Crippen LogP contribution in [0.5, 0.6) is 5.75 Å². The molecule has 5 nitrogen and oxygen atoms in total. The zero-order valence-corrected chi connectivity index (χ0v) is 11.6. The zero-order chi connectivity index (χ0) is 14.9. The maximum absolute atomic E-state index is 12.6. The van der Waals surface area contributed by atoms with Crippen molar-refractivity contribution in [2.24, 2.45) is 0 Å². The van der Waals surface area contributed by atoms with Crippen LogP contribution in [0.4, 0.5) is 5.69 Å². The van der Waals surface area contributed by atoms with E-state index >= 15 is 0 Å². The zero-order valence-electron chi connectivity index (χ0n) is 11.6. The summed E-state index contributed by atoms with van der Waals surface area (Å²) in [4.78, 5) is 26.3. The van der Waals surface area contributed by atoms with Crippen molar-refractivity contribution < 1.29 is 19.1 Å². The average Bonchev–Trinajstić information content (AvgIpc) is 2.69. The molecule has 1 aromatic rings. The molecule has 1 atom stereocenters. The van der Waals surface area contributed by atoms with Crippen molar-refractivity contribution in [1.82, 2.24) is 0 Å². The highest BCUT2D eigenvalue weighted by Gasteiger charge is 2.55. The lowest BCUT2D eigenvalue weighted by atomic mass is 9.92. The summed E-state index contributed by atoms with van der Waals surface area (Å²) in [6, 6.07) is 5.01. The van der Waals surface area contributed by atoms with Crippen LogP contribution in [0.1, 0.15) is 10.4 Å². The third kappa shape index (κ3) is 1.64. The van der Waals surface area contributed by atoms with E-state index in [1.165, 1.54) is 20.3 Å². The van der Waals surface area contributed by atoms with Crippen LogP contribution in [-0.2, 0) is 9.53 Å². The van der Waals surface area contributed by atoms with Crippen LogP contribution in [0, 0.1) is 0 Å². The largest absolute Gasteiger partial charge is 0.497 e. The Kier molecular flexibility index (Phi) is 3.38. The maximum atomic E-state index is 12.6. The normalized spacial score (nSPS) is 20.1. The van der Waals surface area contributed by atoms with Gasteiger partial charge < -0.3 is 14.4 Å². The van der Waals surface area contributed by atoms with Gasteiger partial charge in [-0.2, -0.15) is 0 Å². The number of hydrogen-bond acceptors (Lipinski definition) is 5. The highest BCUT2D eigenvalue weighted by molar-refractivity contribution is 6.26. The Morgan fingerprint density at radius 2 is 2.15 bits per heavy atom. The van der Waals surface area contributed by atoms with Gasteiger partial charge in [-0.15, -0.1) is 5.73 Å². The van der Waals surface area contributed by atoms with Gasteiger partial charge in [-0.3, -0.25) is 4.79 Å². The van der Waals surface area contributed by atoms with E-state index in [-0.39, 0.29) is 5.78 Å². The van der Waals surface area contributed by atoms with E-state index in [0.717, 1.165) is 0 Å². The van der Waals surface area contributed by atoms with Crippen LogP contribution in [0.15, 0.2) is 36.6 Å². The summed E-state index contributed by atoms with van der Waals surface area (Å²) in [5.41, 5.74) is 2.01. The van der Waals surface area contributed by atoms with E-state index in [1.54, 1.807) is 30.1 Å². The first-order valence-corrected chi connectivity index (χ1v) is 5.95. The Hall–Kier alpha value is -2.52. The van der Waals surface area contributed by atoms with Crippen molar-refractivity contribution in [3.05, 3.63) is 42.1 Å². The fourth-order valence-electron chi connectivity index (χ4n) is 2.41. The first-order chi connectivity index (χ1) is 9.52. The Morgan fingerprint density at radius 1 is 1.45 bits per heavy atom. The highest BCUT2D eigenvalue weighted by Crippen LogP contribution is 2.41. The van der Waals surface area contributed by atoms with Crippen molar-refractivity contribution >= 4 is 17.4 Å². The summed E-state index contributed by atoms with van der Waals surface area (Å²) in [7, 11) is 4.43. The molecule has 0 N–H and O–H groups in total. The molecule has 1 unspecified atom stereocenters. The number of nitrogens with zero attached hydrogens (tertiary/aromatic N) is 1. The third-order valence-corrected chi connectivity index (χ3v) is 3.49. The van der Waals surface area contributed by atoms with E-state index in [1.807, 2.05) is 0 Å². The summed E-state index contributed by atoms with van der Waals surface area (Å²) in [5, 5.41) is 0. The summed E-state index contributed by atoms with van der Waals surface area (Å²) in [6.45, 7) is 3.46. The molecule has 0 spiro atoms. The lowest BCUT2D eigenvalue weighted by Crippen LogP contribution is -2.54. The molecule has 1 aliphatic rings. The van der Waals surface area contributed by atoms with Gasteiger partial charge in [0.15, 0.2) is 0 Å². The van der Waals surface area contributed by atoms with Crippen LogP contribution >= 0.6 is 0 Å². The van der Waals surface area contributed by atoms with Crippen molar-refractivity contribution in [1.29, 1.82) is 0 Å². The smallest absolute Gasteiger partial charge is 0.344 e. The molecular weight excluding hydrogens is 258 g/mol. The monoisotopic (exact) mass is 273 g/mol. The minimum absolute atomic E-state index is 0.361. The topological polar surface area (TPSA) is 55.8 Å². The average molecular weight is 273 g/mol. The van der Waals surface area contributed by atoms with Gasteiger partial charge in [0.05, 0.1) is 19.9 Å². The van der Waals surface area contributed by atoms with Gasteiger partial charge in [0.2, 0.25) is 11.3 Å². The van der Waals surface area contributed by atoms with Crippen molar-refractivity contribution in [2.75, 3.05) is 26.2 Å². The highest BCUT2D eigenvalue weighted by atomic mass is 16.5. The van der Waals surface area contributed by atoms with Gasteiger partial charge >= 0.3 is 5.97 Å². The molecule has 20 heavy (non-hydrogen) atoms. The lowest BCUT2D eigenvalue weighted by molar-refractivity contribution is -0.143.